The third-order valence-electron chi connectivity index (χ3n) is 2.31. The molecule has 2 aromatic rings. The Kier molecular flexibility index (Phi) is 3.66. The van der Waals surface area contributed by atoms with E-state index in [-0.39, 0.29) is 5.75 Å². The Bertz CT molecular complexity index is 528. The van der Waals surface area contributed by atoms with Gasteiger partial charge >= 0.3 is 6.61 Å². The van der Waals surface area contributed by atoms with Gasteiger partial charge in [-0.3, -0.25) is 0 Å². The molecule has 0 aliphatic heterocycles. The molecule has 0 spiro atoms. The first-order valence-electron chi connectivity index (χ1n) is 5.07. The Morgan fingerprint density at radius 3 is 2.50 bits per heavy atom. The highest BCUT2D eigenvalue weighted by Crippen LogP contribution is 2.19. The van der Waals surface area contributed by atoms with E-state index >= 15 is 0 Å². The lowest BCUT2D eigenvalue weighted by molar-refractivity contribution is -0.0498. The molecule has 1 aromatic heterocycles. The second-order valence-electron chi connectivity index (χ2n) is 3.56. The molecule has 18 heavy (non-hydrogen) atoms. The van der Waals surface area contributed by atoms with Crippen molar-refractivity contribution in [3.8, 4) is 5.75 Å². The minimum absolute atomic E-state index is 0.111. The molecule has 0 aliphatic rings. The van der Waals surface area contributed by atoms with E-state index in [9.17, 15) is 8.78 Å². The number of ether oxygens (including phenoxy) is 1. The van der Waals surface area contributed by atoms with Crippen LogP contribution in [0, 0.1) is 0 Å². The van der Waals surface area contributed by atoms with Crippen molar-refractivity contribution in [2.24, 2.45) is 0 Å². The zero-order chi connectivity index (χ0) is 13.1. The highest BCUT2D eigenvalue weighted by Gasteiger charge is 2.07. The predicted molar refractivity (Wildman–Crippen MR) is 63.8 cm³/mol. The fraction of sp³-hybridized carbons (Fsp3) is 0.182. The maximum atomic E-state index is 12.0. The standard InChI is InChI=1S/C11H10ClF2N3O/c12-9-5-16-17(10(9)15)6-7-1-3-8(4-2-7)18-11(13)14/h1-5,11H,6,15H2. The van der Waals surface area contributed by atoms with E-state index in [1.165, 1.54) is 23.0 Å². The van der Waals surface area contributed by atoms with Crippen LogP contribution in [0.5, 0.6) is 5.75 Å². The molecule has 96 valence electrons. The summed E-state index contributed by atoms with van der Waals surface area (Å²) in [6, 6.07) is 6.24. The van der Waals surface area contributed by atoms with Crippen LogP contribution < -0.4 is 10.5 Å². The SMILES string of the molecule is Nc1c(Cl)cnn1Cc1ccc(OC(F)F)cc1. The first kappa shape index (κ1) is 12.6. The number of nitrogen functional groups attached to an aromatic ring is 1. The fourth-order valence-corrected chi connectivity index (χ4v) is 1.59. The average Bonchev–Trinajstić information content (AvgIpc) is 2.63. The van der Waals surface area contributed by atoms with Crippen molar-refractivity contribution in [3.05, 3.63) is 41.0 Å². The number of rotatable bonds is 4. The number of halogens is 3. The minimum atomic E-state index is -2.82. The molecule has 0 radical (unpaired) electrons. The van der Waals surface area contributed by atoms with Crippen LogP contribution in [0.4, 0.5) is 14.6 Å². The molecule has 0 atom stereocenters. The van der Waals surface area contributed by atoms with Crippen LogP contribution in [-0.4, -0.2) is 16.4 Å². The Labute approximate surface area is 107 Å². The molecule has 0 aliphatic carbocycles. The highest BCUT2D eigenvalue weighted by molar-refractivity contribution is 6.32. The number of alkyl halides is 2. The Morgan fingerprint density at radius 1 is 1.33 bits per heavy atom. The lowest BCUT2D eigenvalue weighted by atomic mass is 10.2. The van der Waals surface area contributed by atoms with Crippen molar-refractivity contribution >= 4 is 17.4 Å². The van der Waals surface area contributed by atoms with Gasteiger partial charge < -0.3 is 10.5 Å². The number of hydrogen-bond donors (Lipinski definition) is 1. The van der Waals surface area contributed by atoms with E-state index in [0.717, 1.165) is 5.56 Å². The van der Waals surface area contributed by atoms with Gasteiger partial charge in [0.1, 0.15) is 16.6 Å². The molecule has 0 fully saturated rings. The first-order chi connectivity index (χ1) is 8.56. The quantitative estimate of drug-likeness (QED) is 0.932. The molecule has 2 N–H and O–H groups in total. The maximum absolute atomic E-state index is 12.0. The molecule has 1 aromatic carbocycles. The highest BCUT2D eigenvalue weighted by atomic mass is 35.5. The summed E-state index contributed by atoms with van der Waals surface area (Å²) < 4.78 is 29.7. The molecule has 1 heterocycles. The molecule has 2 rings (SSSR count). The van der Waals surface area contributed by atoms with Crippen molar-refractivity contribution in [2.45, 2.75) is 13.2 Å². The van der Waals surface area contributed by atoms with Crippen LogP contribution in [0.3, 0.4) is 0 Å². The van der Waals surface area contributed by atoms with Gasteiger partial charge in [0.15, 0.2) is 0 Å². The largest absolute Gasteiger partial charge is 0.435 e. The van der Waals surface area contributed by atoms with E-state index in [2.05, 4.69) is 9.84 Å². The smallest absolute Gasteiger partial charge is 0.387 e. The number of anilines is 1. The van der Waals surface area contributed by atoms with Crippen LogP contribution >= 0.6 is 11.6 Å². The summed E-state index contributed by atoms with van der Waals surface area (Å²) in [5, 5.41) is 4.37. The van der Waals surface area contributed by atoms with Gasteiger partial charge in [0.05, 0.1) is 12.7 Å². The van der Waals surface area contributed by atoms with E-state index in [4.69, 9.17) is 17.3 Å². The Hall–Kier alpha value is -1.82. The van der Waals surface area contributed by atoms with Gasteiger partial charge in [-0.15, -0.1) is 0 Å². The van der Waals surface area contributed by atoms with Crippen molar-refractivity contribution in [1.29, 1.82) is 0 Å². The van der Waals surface area contributed by atoms with E-state index < -0.39 is 6.61 Å². The predicted octanol–water partition coefficient (Wildman–Crippen LogP) is 2.77. The van der Waals surface area contributed by atoms with Gasteiger partial charge in [0.2, 0.25) is 0 Å². The van der Waals surface area contributed by atoms with Crippen LogP contribution in [0.2, 0.25) is 5.02 Å². The number of hydrogen-bond acceptors (Lipinski definition) is 3. The van der Waals surface area contributed by atoms with Gasteiger partial charge in [0, 0.05) is 0 Å². The number of nitrogens with zero attached hydrogens (tertiary/aromatic N) is 2. The van der Waals surface area contributed by atoms with Gasteiger partial charge in [-0.1, -0.05) is 23.7 Å². The molecular weight excluding hydrogens is 264 g/mol. The van der Waals surface area contributed by atoms with Gasteiger partial charge in [-0.2, -0.15) is 13.9 Å². The molecular formula is C11H10ClF2N3O. The van der Waals surface area contributed by atoms with Gasteiger partial charge in [-0.25, -0.2) is 4.68 Å². The average molecular weight is 274 g/mol. The summed E-state index contributed by atoms with van der Waals surface area (Å²) in [6.07, 6.45) is 1.45. The van der Waals surface area contributed by atoms with Crippen molar-refractivity contribution in [3.63, 3.8) is 0 Å². The monoisotopic (exact) mass is 273 g/mol. The molecule has 0 saturated heterocycles. The third-order valence-corrected chi connectivity index (χ3v) is 2.61. The molecule has 0 saturated carbocycles. The summed E-state index contributed by atoms with van der Waals surface area (Å²) in [5.74, 6) is 0.477. The van der Waals surface area contributed by atoms with Crippen LogP contribution in [0.1, 0.15) is 5.56 Å². The van der Waals surface area contributed by atoms with Crippen LogP contribution in [-0.2, 0) is 6.54 Å². The summed E-state index contributed by atoms with van der Waals surface area (Å²) >= 11 is 5.77. The second kappa shape index (κ2) is 5.22. The number of benzene rings is 1. The number of nitrogens with two attached hydrogens (primary N) is 1. The van der Waals surface area contributed by atoms with Crippen molar-refractivity contribution < 1.29 is 13.5 Å². The normalized spacial score (nSPS) is 10.9. The lowest BCUT2D eigenvalue weighted by Gasteiger charge is -2.07. The maximum Gasteiger partial charge on any atom is 0.387 e. The van der Waals surface area contributed by atoms with E-state index in [1.807, 2.05) is 0 Å². The Morgan fingerprint density at radius 2 is 2.00 bits per heavy atom. The van der Waals surface area contributed by atoms with Crippen molar-refractivity contribution in [2.75, 3.05) is 5.73 Å². The van der Waals surface area contributed by atoms with Gasteiger partial charge in [0.25, 0.3) is 0 Å². The number of aromatic nitrogens is 2. The van der Waals surface area contributed by atoms with E-state index in [1.54, 1.807) is 12.1 Å². The first-order valence-corrected chi connectivity index (χ1v) is 5.44. The lowest BCUT2D eigenvalue weighted by Crippen LogP contribution is -2.06. The Balaban J connectivity index is 2.08. The van der Waals surface area contributed by atoms with Crippen LogP contribution in [0.25, 0.3) is 0 Å². The summed E-state index contributed by atoms with van der Waals surface area (Å²) in [7, 11) is 0. The van der Waals surface area contributed by atoms with Crippen molar-refractivity contribution in [1.82, 2.24) is 9.78 Å². The van der Waals surface area contributed by atoms with E-state index in [0.29, 0.717) is 17.4 Å². The minimum Gasteiger partial charge on any atom is -0.435 e. The molecule has 0 bridgehead atoms. The fourth-order valence-electron chi connectivity index (χ4n) is 1.45. The third kappa shape index (κ3) is 2.89. The summed E-state index contributed by atoms with van der Waals surface area (Å²) in [4.78, 5) is 0. The van der Waals surface area contributed by atoms with Crippen LogP contribution in [0.15, 0.2) is 30.5 Å². The molecule has 7 heteroatoms. The zero-order valence-corrected chi connectivity index (χ0v) is 9.94. The summed E-state index contributed by atoms with van der Waals surface area (Å²) in [5.41, 5.74) is 6.54. The second-order valence-corrected chi connectivity index (χ2v) is 3.97. The van der Waals surface area contributed by atoms with Gasteiger partial charge in [-0.05, 0) is 17.7 Å². The molecule has 4 nitrogen and oxygen atoms in total. The topological polar surface area (TPSA) is 53.1 Å². The molecule has 0 amide bonds. The molecule has 0 unspecified atom stereocenters. The zero-order valence-electron chi connectivity index (χ0n) is 9.19. The summed E-state index contributed by atoms with van der Waals surface area (Å²) in [6.45, 7) is -2.41.